The molecule has 3 nitrogen and oxygen atoms in total. The Morgan fingerprint density at radius 3 is 2.62 bits per heavy atom. The SMILES string of the molecule is CC(C)c1nc2c(n1N)CCCC2. The first-order valence-electron chi connectivity index (χ1n) is 5.05. The van der Waals surface area contributed by atoms with E-state index in [0.717, 1.165) is 18.7 Å². The number of aromatic nitrogens is 2. The molecule has 1 aromatic heterocycles. The van der Waals surface area contributed by atoms with Crippen molar-refractivity contribution in [1.82, 2.24) is 9.66 Å². The molecule has 1 aromatic rings. The van der Waals surface area contributed by atoms with Gasteiger partial charge in [0.2, 0.25) is 0 Å². The van der Waals surface area contributed by atoms with Gasteiger partial charge in [-0.2, -0.15) is 0 Å². The van der Waals surface area contributed by atoms with Gasteiger partial charge >= 0.3 is 0 Å². The molecule has 2 rings (SSSR count). The van der Waals surface area contributed by atoms with Crippen molar-refractivity contribution in [2.75, 3.05) is 5.84 Å². The summed E-state index contributed by atoms with van der Waals surface area (Å²) in [6.45, 7) is 4.27. The van der Waals surface area contributed by atoms with Gasteiger partial charge in [0.05, 0.1) is 11.4 Å². The lowest BCUT2D eigenvalue weighted by Gasteiger charge is -2.11. The van der Waals surface area contributed by atoms with Crippen molar-refractivity contribution in [3.05, 3.63) is 17.2 Å². The molecule has 0 radical (unpaired) electrons. The van der Waals surface area contributed by atoms with Gasteiger partial charge in [-0.05, 0) is 25.7 Å². The van der Waals surface area contributed by atoms with E-state index in [2.05, 4.69) is 18.8 Å². The summed E-state index contributed by atoms with van der Waals surface area (Å²) in [5.41, 5.74) is 2.49. The summed E-state index contributed by atoms with van der Waals surface area (Å²) in [6, 6.07) is 0. The van der Waals surface area contributed by atoms with Crippen molar-refractivity contribution in [3.63, 3.8) is 0 Å². The molecular weight excluding hydrogens is 162 g/mol. The van der Waals surface area contributed by atoms with E-state index in [1.54, 1.807) is 4.68 Å². The van der Waals surface area contributed by atoms with Crippen molar-refractivity contribution in [3.8, 4) is 0 Å². The molecular formula is C10H17N3. The quantitative estimate of drug-likeness (QED) is 0.665. The molecule has 1 aliphatic rings. The number of nitrogen functional groups attached to an aromatic ring is 1. The maximum absolute atomic E-state index is 5.98. The van der Waals surface area contributed by atoms with Crippen LogP contribution in [0.3, 0.4) is 0 Å². The number of hydrogen-bond acceptors (Lipinski definition) is 2. The van der Waals surface area contributed by atoms with E-state index in [4.69, 9.17) is 5.84 Å². The number of aryl methyl sites for hydroxylation is 1. The second kappa shape index (κ2) is 3.05. The third kappa shape index (κ3) is 1.32. The van der Waals surface area contributed by atoms with Gasteiger partial charge in [0.15, 0.2) is 0 Å². The lowest BCUT2D eigenvalue weighted by molar-refractivity contribution is 0.646. The summed E-state index contributed by atoms with van der Waals surface area (Å²) in [5, 5.41) is 0. The van der Waals surface area contributed by atoms with Crippen molar-refractivity contribution < 1.29 is 0 Å². The molecule has 0 aliphatic heterocycles. The number of imidazole rings is 1. The highest BCUT2D eigenvalue weighted by atomic mass is 15.3. The van der Waals surface area contributed by atoms with Crippen LogP contribution in [-0.4, -0.2) is 9.66 Å². The summed E-state index contributed by atoms with van der Waals surface area (Å²) in [7, 11) is 0. The highest BCUT2D eigenvalue weighted by molar-refractivity contribution is 5.21. The fourth-order valence-corrected chi connectivity index (χ4v) is 1.99. The molecule has 0 spiro atoms. The standard InChI is InChI=1S/C10H17N3/c1-7(2)10-12-8-5-3-4-6-9(8)13(10)11/h7H,3-6,11H2,1-2H3. The van der Waals surface area contributed by atoms with Crippen LogP contribution in [0, 0.1) is 0 Å². The smallest absolute Gasteiger partial charge is 0.130 e. The minimum atomic E-state index is 0.426. The van der Waals surface area contributed by atoms with Crippen LogP contribution in [-0.2, 0) is 12.8 Å². The lowest BCUT2D eigenvalue weighted by atomic mass is 10.0. The van der Waals surface area contributed by atoms with Gasteiger partial charge in [-0.15, -0.1) is 0 Å². The Kier molecular flexibility index (Phi) is 2.02. The van der Waals surface area contributed by atoms with Crippen molar-refractivity contribution in [2.45, 2.75) is 45.4 Å². The lowest BCUT2D eigenvalue weighted by Crippen LogP contribution is -2.18. The third-order valence-electron chi connectivity index (χ3n) is 2.71. The Morgan fingerprint density at radius 2 is 2.00 bits per heavy atom. The van der Waals surface area contributed by atoms with Crippen LogP contribution in [0.2, 0.25) is 0 Å². The highest BCUT2D eigenvalue weighted by Crippen LogP contribution is 2.23. The monoisotopic (exact) mass is 179 g/mol. The summed E-state index contributed by atoms with van der Waals surface area (Å²) < 4.78 is 1.80. The third-order valence-corrected chi connectivity index (χ3v) is 2.71. The second-order valence-electron chi connectivity index (χ2n) is 4.10. The minimum Gasteiger partial charge on any atom is -0.338 e. The first kappa shape index (κ1) is 8.60. The average Bonchev–Trinajstić information content (AvgIpc) is 2.45. The van der Waals surface area contributed by atoms with E-state index in [-0.39, 0.29) is 0 Å². The van der Waals surface area contributed by atoms with Gasteiger partial charge in [-0.25, -0.2) is 4.98 Å². The van der Waals surface area contributed by atoms with E-state index >= 15 is 0 Å². The van der Waals surface area contributed by atoms with Gasteiger partial charge < -0.3 is 5.84 Å². The summed E-state index contributed by atoms with van der Waals surface area (Å²) in [5.74, 6) is 7.44. The Hall–Kier alpha value is -0.990. The topological polar surface area (TPSA) is 43.8 Å². The van der Waals surface area contributed by atoms with E-state index in [1.807, 2.05) is 0 Å². The Labute approximate surface area is 78.9 Å². The van der Waals surface area contributed by atoms with E-state index in [0.29, 0.717) is 5.92 Å². The van der Waals surface area contributed by atoms with Crippen LogP contribution >= 0.6 is 0 Å². The highest BCUT2D eigenvalue weighted by Gasteiger charge is 2.19. The Bertz CT molecular complexity index is 312. The van der Waals surface area contributed by atoms with Crippen LogP contribution in [0.15, 0.2) is 0 Å². The van der Waals surface area contributed by atoms with Gasteiger partial charge in [0.1, 0.15) is 5.82 Å². The summed E-state index contributed by atoms with van der Waals surface area (Å²) in [4.78, 5) is 4.59. The van der Waals surface area contributed by atoms with Crippen molar-refractivity contribution in [1.29, 1.82) is 0 Å². The zero-order valence-corrected chi connectivity index (χ0v) is 8.38. The fraction of sp³-hybridized carbons (Fsp3) is 0.700. The fourth-order valence-electron chi connectivity index (χ4n) is 1.99. The molecule has 0 amide bonds. The molecule has 1 aliphatic carbocycles. The largest absolute Gasteiger partial charge is 0.338 e. The Morgan fingerprint density at radius 1 is 1.31 bits per heavy atom. The average molecular weight is 179 g/mol. The number of fused-ring (bicyclic) bond motifs is 1. The molecule has 0 fully saturated rings. The summed E-state index contributed by atoms with van der Waals surface area (Å²) in [6.07, 6.45) is 4.74. The maximum atomic E-state index is 5.98. The molecule has 0 saturated heterocycles. The van der Waals surface area contributed by atoms with Crippen LogP contribution in [0.5, 0.6) is 0 Å². The molecule has 0 unspecified atom stereocenters. The first-order chi connectivity index (χ1) is 6.20. The van der Waals surface area contributed by atoms with Crippen LogP contribution < -0.4 is 5.84 Å². The van der Waals surface area contributed by atoms with Crippen molar-refractivity contribution >= 4 is 0 Å². The zero-order valence-electron chi connectivity index (χ0n) is 8.38. The van der Waals surface area contributed by atoms with E-state index < -0.39 is 0 Å². The van der Waals surface area contributed by atoms with Crippen LogP contribution in [0.1, 0.15) is 49.8 Å². The second-order valence-corrected chi connectivity index (χ2v) is 4.10. The van der Waals surface area contributed by atoms with Gasteiger partial charge in [-0.1, -0.05) is 13.8 Å². The minimum absolute atomic E-state index is 0.426. The van der Waals surface area contributed by atoms with Crippen molar-refractivity contribution in [2.24, 2.45) is 0 Å². The Balaban J connectivity index is 2.44. The number of nitrogens with zero attached hydrogens (tertiary/aromatic N) is 2. The molecule has 13 heavy (non-hydrogen) atoms. The number of nitrogens with two attached hydrogens (primary N) is 1. The predicted molar refractivity (Wildman–Crippen MR) is 53.1 cm³/mol. The molecule has 0 atom stereocenters. The number of rotatable bonds is 1. The van der Waals surface area contributed by atoms with Crippen LogP contribution in [0.25, 0.3) is 0 Å². The molecule has 0 saturated carbocycles. The number of hydrogen-bond donors (Lipinski definition) is 1. The molecule has 1 heterocycles. The normalized spacial score (nSPS) is 16.2. The molecule has 0 aromatic carbocycles. The maximum Gasteiger partial charge on any atom is 0.130 e. The zero-order chi connectivity index (χ0) is 9.42. The summed E-state index contributed by atoms with van der Waals surface area (Å²) >= 11 is 0. The molecule has 2 N–H and O–H groups in total. The van der Waals surface area contributed by atoms with E-state index in [1.165, 1.54) is 24.2 Å². The molecule has 3 heteroatoms. The van der Waals surface area contributed by atoms with Gasteiger partial charge in [0.25, 0.3) is 0 Å². The first-order valence-corrected chi connectivity index (χ1v) is 5.05. The molecule has 72 valence electrons. The van der Waals surface area contributed by atoms with Gasteiger partial charge in [0, 0.05) is 5.92 Å². The van der Waals surface area contributed by atoms with Gasteiger partial charge in [-0.3, -0.25) is 4.68 Å². The van der Waals surface area contributed by atoms with E-state index in [9.17, 15) is 0 Å². The van der Waals surface area contributed by atoms with Crippen LogP contribution in [0.4, 0.5) is 0 Å². The predicted octanol–water partition coefficient (Wildman–Crippen LogP) is 1.60. The molecule has 0 bridgehead atoms.